The molecule has 0 saturated carbocycles. The van der Waals surface area contributed by atoms with Gasteiger partial charge in [-0.25, -0.2) is 0 Å². The number of nitrogens with zero attached hydrogens (tertiary/aromatic N) is 1. The summed E-state index contributed by atoms with van der Waals surface area (Å²) in [6.07, 6.45) is 9.17. The van der Waals surface area contributed by atoms with Gasteiger partial charge in [0.15, 0.2) is 0 Å². The molecule has 0 aliphatic heterocycles. The molecular formula is C15H22IN. The van der Waals surface area contributed by atoms with E-state index in [0.29, 0.717) is 5.92 Å². The summed E-state index contributed by atoms with van der Waals surface area (Å²) in [7, 11) is 0. The minimum absolute atomic E-state index is 0.700. The summed E-state index contributed by atoms with van der Waals surface area (Å²) in [6.45, 7) is 18.0. The molecule has 0 heterocycles. The zero-order valence-electron chi connectivity index (χ0n) is 11.0. The highest BCUT2D eigenvalue weighted by Gasteiger charge is 2.06. The molecule has 0 N–H and O–H groups in total. The minimum Gasteiger partial charge on any atom is -0.287 e. The van der Waals surface area contributed by atoms with E-state index < -0.39 is 0 Å². The van der Waals surface area contributed by atoms with E-state index in [0.717, 1.165) is 23.4 Å². The topological polar surface area (TPSA) is 3.24 Å². The van der Waals surface area contributed by atoms with Gasteiger partial charge in [-0.1, -0.05) is 51.8 Å². The van der Waals surface area contributed by atoms with E-state index in [1.165, 1.54) is 0 Å². The molecule has 0 spiro atoms. The maximum absolute atomic E-state index is 3.99. The summed E-state index contributed by atoms with van der Waals surface area (Å²) in [5, 5.41) is 0. The van der Waals surface area contributed by atoms with Crippen LogP contribution in [0.3, 0.4) is 0 Å². The Morgan fingerprint density at radius 2 is 1.94 bits per heavy atom. The second-order valence-corrected chi connectivity index (χ2v) is 5.29. The van der Waals surface area contributed by atoms with Crippen LogP contribution in [0.1, 0.15) is 27.2 Å². The summed E-state index contributed by atoms with van der Waals surface area (Å²) in [4.78, 5) is 0. The maximum Gasteiger partial charge on any atom is 0.0642 e. The van der Waals surface area contributed by atoms with E-state index >= 15 is 0 Å². The molecule has 0 atom stereocenters. The summed E-state index contributed by atoms with van der Waals surface area (Å²) in [5.74, 6) is 0.700. The number of hydrogen-bond acceptors (Lipinski definition) is 1. The van der Waals surface area contributed by atoms with Gasteiger partial charge >= 0.3 is 0 Å². The molecule has 0 aromatic carbocycles. The van der Waals surface area contributed by atoms with Gasteiger partial charge in [-0.3, -0.25) is 3.11 Å². The monoisotopic (exact) mass is 343 g/mol. The lowest BCUT2D eigenvalue weighted by molar-refractivity contribution is 0.663. The van der Waals surface area contributed by atoms with Crippen LogP contribution in [0.4, 0.5) is 0 Å². The summed E-state index contributed by atoms with van der Waals surface area (Å²) >= 11 is 2.22. The highest BCUT2D eigenvalue weighted by Crippen LogP contribution is 2.22. The van der Waals surface area contributed by atoms with Crippen LogP contribution in [-0.2, 0) is 0 Å². The molecule has 0 bridgehead atoms. The SMILES string of the molecule is C=CC(=C)C(=C)N(I)/C(C)=C/C=C\CC(C)C. The van der Waals surface area contributed by atoms with E-state index in [4.69, 9.17) is 0 Å². The van der Waals surface area contributed by atoms with Gasteiger partial charge in [0.25, 0.3) is 0 Å². The maximum atomic E-state index is 3.99. The van der Waals surface area contributed by atoms with Gasteiger partial charge in [0.05, 0.1) is 28.6 Å². The quantitative estimate of drug-likeness (QED) is 0.340. The van der Waals surface area contributed by atoms with Crippen molar-refractivity contribution in [1.82, 2.24) is 3.11 Å². The van der Waals surface area contributed by atoms with Crippen LogP contribution in [0.2, 0.25) is 0 Å². The Morgan fingerprint density at radius 3 is 2.41 bits per heavy atom. The van der Waals surface area contributed by atoms with Gasteiger partial charge in [-0.05, 0) is 30.9 Å². The first-order chi connectivity index (χ1) is 7.90. The molecular weight excluding hydrogens is 321 g/mol. The van der Waals surface area contributed by atoms with Crippen molar-refractivity contribution in [3.63, 3.8) is 0 Å². The smallest absolute Gasteiger partial charge is 0.0642 e. The number of halogens is 1. The molecule has 0 radical (unpaired) electrons. The molecule has 17 heavy (non-hydrogen) atoms. The zero-order chi connectivity index (χ0) is 13.4. The lowest BCUT2D eigenvalue weighted by Gasteiger charge is -2.19. The first-order valence-electron chi connectivity index (χ1n) is 5.70. The third-order valence-corrected chi connectivity index (χ3v) is 3.59. The Balaban J connectivity index is 4.48. The first kappa shape index (κ1) is 16.2. The molecule has 94 valence electrons. The predicted octanol–water partition coefficient (Wildman–Crippen LogP) is 5.40. The van der Waals surface area contributed by atoms with Crippen molar-refractivity contribution in [3.8, 4) is 0 Å². The number of allylic oxidation sites excluding steroid dienone is 5. The van der Waals surface area contributed by atoms with Crippen molar-refractivity contribution in [1.29, 1.82) is 0 Å². The molecule has 0 aromatic heterocycles. The van der Waals surface area contributed by atoms with Crippen molar-refractivity contribution < 1.29 is 0 Å². The van der Waals surface area contributed by atoms with Crippen molar-refractivity contribution in [2.75, 3.05) is 0 Å². The van der Waals surface area contributed by atoms with Crippen LogP contribution in [0, 0.1) is 5.92 Å². The Morgan fingerprint density at radius 1 is 1.35 bits per heavy atom. The van der Waals surface area contributed by atoms with Gasteiger partial charge in [0, 0.05) is 5.70 Å². The lowest BCUT2D eigenvalue weighted by Crippen LogP contribution is -2.07. The molecule has 0 aliphatic rings. The Labute approximate surface area is 120 Å². The fraction of sp³-hybridized carbons (Fsp3) is 0.333. The summed E-state index contributed by atoms with van der Waals surface area (Å²) in [5.41, 5.74) is 2.84. The van der Waals surface area contributed by atoms with Crippen molar-refractivity contribution in [2.45, 2.75) is 27.2 Å². The van der Waals surface area contributed by atoms with Gasteiger partial charge in [-0.2, -0.15) is 0 Å². The van der Waals surface area contributed by atoms with Crippen molar-refractivity contribution >= 4 is 22.9 Å². The highest BCUT2D eigenvalue weighted by molar-refractivity contribution is 14.1. The van der Waals surface area contributed by atoms with Crippen LogP contribution < -0.4 is 0 Å². The van der Waals surface area contributed by atoms with Crippen molar-refractivity contribution in [2.24, 2.45) is 5.92 Å². The standard InChI is InChI=1S/C15H22IN/c1-7-13(4)15(6)17(16)14(5)11-9-8-10-12(2)3/h7-9,11-12H,1,4,6,10H2,2-3,5H3/b9-8-,14-11+. The summed E-state index contributed by atoms with van der Waals surface area (Å²) in [6, 6.07) is 0. The molecule has 0 saturated heterocycles. The average molecular weight is 343 g/mol. The number of hydrogen-bond donors (Lipinski definition) is 0. The van der Waals surface area contributed by atoms with E-state index in [2.05, 4.69) is 74.7 Å². The van der Waals surface area contributed by atoms with E-state index in [1.54, 1.807) is 6.08 Å². The molecule has 0 amide bonds. The second kappa shape index (κ2) is 8.34. The van der Waals surface area contributed by atoms with Gasteiger partial charge in [0.2, 0.25) is 0 Å². The largest absolute Gasteiger partial charge is 0.287 e. The fourth-order valence-electron chi connectivity index (χ4n) is 1.08. The normalized spacial score (nSPS) is 11.9. The van der Waals surface area contributed by atoms with Crippen molar-refractivity contribution in [3.05, 3.63) is 61.0 Å². The molecule has 1 nitrogen and oxygen atoms in total. The van der Waals surface area contributed by atoms with Crippen LogP contribution in [0.15, 0.2) is 61.0 Å². The second-order valence-electron chi connectivity index (χ2n) is 4.32. The highest BCUT2D eigenvalue weighted by atomic mass is 127. The fourth-order valence-corrected chi connectivity index (χ4v) is 1.55. The molecule has 0 aromatic rings. The average Bonchev–Trinajstić information content (AvgIpc) is 2.31. The zero-order valence-corrected chi connectivity index (χ0v) is 13.2. The molecule has 0 aliphatic carbocycles. The molecule has 2 heteroatoms. The van der Waals surface area contributed by atoms with Gasteiger partial charge in [-0.15, -0.1) is 0 Å². The van der Waals surface area contributed by atoms with E-state index in [9.17, 15) is 0 Å². The van der Waals surface area contributed by atoms with Gasteiger partial charge < -0.3 is 0 Å². The Bertz CT molecular complexity index is 348. The Kier molecular flexibility index (Phi) is 7.96. The van der Waals surface area contributed by atoms with Crippen LogP contribution in [0.25, 0.3) is 0 Å². The minimum atomic E-state index is 0.700. The van der Waals surface area contributed by atoms with E-state index in [-0.39, 0.29) is 0 Å². The first-order valence-corrected chi connectivity index (χ1v) is 6.66. The van der Waals surface area contributed by atoms with E-state index in [1.807, 2.05) is 10.0 Å². The van der Waals surface area contributed by atoms with Gasteiger partial charge in [0.1, 0.15) is 0 Å². The molecule has 0 rings (SSSR count). The lowest BCUT2D eigenvalue weighted by atomic mass is 10.1. The molecule has 0 fully saturated rings. The van der Waals surface area contributed by atoms with Crippen LogP contribution in [0.5, 0.6) is 0 Å². The predicted molar refractivity (Wildman–Crippen MR) is 86.7 cm³/mol. The Hall–Kier alpha value is -0.770. The molecule has 0 unspecified atom stereocenters. The summed E-state index contributed by atoms with van der Waals surface area (Å²) < 4.78 is 1.99. The third-order valence-electron chi connectivity index (χ3n) is 2.24. The van der Waals surface area contributed by atoms with Crippen LogP contribution >= 0.6 is 22.9 Å². The third kappa shape index (κ3) is 6.51. The van der Waals surface area contributed by atoms with Crippen LogP contribution in [-0.4, -0.2) is 3.11 Å². The number of rotatable bonds is 7.